The van der Waals surface area contributed by atoms with Crippen LogP contribution in [0, 0.1) is 23.7 Å². The molecule has 0 radical (unpaired) electrons. The van der Waals surface area contributed by atoms with Gasteiger partial charge in [0.1, 0.15) is 23.9 Å². The van der Waals surface area contributed by atoms with Crippen molar-refractivity contribution in [3.63, 3.8) is 0 Å². The Labute approximate surface area is 309 Å². The summed E-state index contributed by atoms with van der Waals surface area (Å²) in [4.78, 5) is 16.0. The van der Waals surface area contributed by atoms with Crippen LogP contribution in [0.15, 0.2) is 5.16 Å². The first-order chi connectivity index (χ1) is 24.0. The Kier molecular flexibility index (Phi) is 15.1. The maximum absolute atomic E-state index is 14.1. The summed E-state index contributed by atoms with van der Waals surface area (Å²) in [5, 5.41) is 71.8. The van der Waals surface area contributed by atoms with E-state index in [1.165, 1.54) is 14.0 Å². The van der Waals surface area contributed by atoms with Crippen LogP contribution in [0.2, 0.25) is 0 Å². The first-order valence-electron chi connectivity index (χ1n) is 18.7. The van der Waals surface area contributed by atoms with Crippen LogP contribution in [-0.2, 0) is 33.2 Å². The Morgan fingerprint density at radius 3 is 2.08 bits per heavy atom. The van der Waals surface area contributed by atoms with E-state index in [0.717, 1.165) is 0 Å². The van der Waals surface area contributed by atoms with Crippen molar-refractivity contribution in [2.75, 3.05) is 21.2 Å². The van der Waals surface area contributed by atoms with E-state index in [-0.39, 0.29) is 37.1 Å². The van der Waals surface area contributed by atoms with E-state index in [1.54, 1.807) is 55.4 Å². The molecule has 0 spiro atoms. The minimum absolute atomic E-state index is 0.0657. The smallest absolute Gasteiger partial charge is 0.311 e. The van der Waals surface area contributed by atoms with Gasteiger partial charge in [-0.1, -0.05) is 32.9 Å². The summed E-state index contributed by atoms with van der Waals surface area (Å²) >= 11 is 0. The quantitative estimate of drug-likeness (QED) is 0.125. The molecule has 18 atom stereocenters. The molecule has 3 aliphatic rings. The van der Waals surface area contributed by atoms with Gasteiger partial charge in [0, 0.05) is 37.3 Å². The molecule has 3 rings (SSSR count). The normalized spacial score (nSPS) is 49.8. The second-order valence-corrected chi connectivity index (χ2v) is 16.6. The largest absolute Gasteiger partial charge is 0.459 e. The zero-order valence-electron chi connectivity index (χ0n) is 33.4. The summed E-state index contributed by atoms with van der Waals surface area (Å²) < 4.78 is 37.2. The molecule has 0 amide bonds. The van der Waals surface area contributed by atoms with Crippen molar-refractivity contribution in [2.24, 2.45) is 28.8 Å². The standard InChI is InChI=1S/C37H68N2O13/c1-14-25-37(10,45)30(41)20(4)27(38-46)18(2)16-35(8,44)32(52-34-28(40)24(39(11)12)15-19(3)48-34)21(5)29(22(6)33(43)50-25)51-26-17-36(9,47-13)31(42)23(7)49-26/h18-26,28-32,34,40-42,44-46H,14-17H2,1-13H3/b38-27+/t18-,19-,20+,21+,22-,23+,24+,25-,26+,28-,29+,30-,31+,32-,34+,35+,36-,37-/m1/s1. The Hall–Kier alpha value is -1.50. The molecule has 3 fully saturated rings. The molecule has 0 bridgehead atoms. The number of methoxy groups -OCH3 is 1. The molecule has 3 saturated heterocycles. The zero-order valence-corrected chi connectivity index (χ0v) is 33.4. The highest BCUT2D eigenvalue weighted by atomic mass is 16.7. The lowest BCUT2D eigenvalue weighted by atomic mass is 9.73. The molecule has 3 heterocycles. The lowest BCUT2D eigenvalue weighted by Gasteiger charge is -2.49. The highest BCUT2D eigenvalue weighted by molar-refractivity contribution is 5.88. The molecule has 0 aromatic carbocycles. The highest BCUT2D eigenvalue weighted by Crippen LogP contribution is 2.41. The molecule has 0 unspecified atom stereocenters. The average molecular weight is 749 g/mol. The Morgan fingerprint density at radius 1 is 0.923 bits per heavy atom. The van der Waals surface area contributed by atoms with E-state index in [1.807, 2.05) is 25.9 Å². The molecule has 0 aromatic heterocycles. The topological polar surface area (TPSA) is 209 Å². The molecule has 0 aliphatic carbocycles. The number of aliphatic hydroxyl groups excluding tert-OH is 3. The number of ether oxygens (including phenoxy) is 6. The van der Waals surface area contributed by atoms with Gasteiger partial charge in [-0.25, -0.2) is 0 Å². The van der Waals surface area contributed by atoms with Crippen molar-refractivity contribution in [3.8, 4) is 0 Å². The van der Waals surface area contributed by atoms with E-state index in [2.05, 4.69) is 5.16 Å². The zero-order chi connectivity index (χ0) is 39.7. The number of esters is 1. The summed E-state index contributed by atoms with van der Waals surface area (Å²) in [6.45, 7) is 16.6. The van der Waals surface area contributed by atoms with Gasteiger partial charge in [-0.15, -0.1) is 0 Å². The Balaban J connectivity index is 2.21. The second kappa shape index (κ2) is 17.5. The molecule has 15 nitrogen and oxygen atoms in total. The number of carbonyl (C=O) groups excluding carboxylic acids is 1. The van der Waals surface area contributed by atoms with Crippen molar-refractivity contribution in [1.29, 1.82) is 0 Å². The van der Waals surface area contributed by atoms with Crippen molar-refractivity contribution in [1.82, 2.24) is 4.90 Å². The van der Waals surface area contributed by atoms with Crippen LogP contribution in [0.5, 0.6) is 0 Å². The molecule has 0 saturated carbocycles. The lowest BCUT2D eigenvalue weighted by Crippen LogP contribution is -2.61. The monoisotopic (exact) mass is 748 g/mol. The molecule has 6 N–H and O–H groups in total. The minimum atomic E-state index is -1.97. The van der Waals surface area contributed by atoms with Crippen LogP contribution in [0.25, 0.3) is 0 Å². The molecular formula is C37H68N2O13. The summed E-state index contributed by atoms with van der Waals surface area (Å²) in [6.07, 6.45) is -9.51. The minimum Gasteiger partial charge on any atom is -0.459 e. The van der Waals surface area contributed by atoms with Crippen LogP contribution < -0.4 is 0 Å². The van der Waals surface area contributed by atoms with Crippen LogP contribution in [-0.4, -0.2) is 153 Å². The molecular weight excluding hydrogens is 680 g/mol. The third-order valence-electron chi connectivity index (χ3n) is 12.0. The van der Waals surface area contributed by atoms with E-state index in [0.29, 0.717) is 6.42 Å². The van der Waals surface area contributed by atoms with Gasteiger partial charge in [0.15, 0.2) is 12.6 Å². The predicted octanol–water partition coefficient (Wildman–Crippen LogP) is 2.05. The number of carbonyl (C=O) groups is 1. The maximum atomic E-state index is 14.1. The fourth-order valence-electron chi connectivity index (χ4n) is 8.61. The van der Waals surface area contributed by atoms with Gasteiger partial charge in [0.25, 0.3) is 0 Å². The number of hydrogen-bond donors (Lipinski definition) is 6. The average Bonchev–Trinajstić information content (AvgIpc) is 3.06. The summed E-state index contributed by atoms with van der Waals surface area (Å²) in [6, 6.07) is -0.322. The van der Waals surface area contributed by atoms with Gasteiger partial charge in [-0.05, 0) is 74.9 Å². The van der Waals surface area contributed by atoms with E-state index >= 15 is 0 Å². The van der Waals surface area contributed by atoms with Crippen molar-refractivity contribution in [2.45, 2.75) is 179 Å². The van der Waals surface area contributed by atoms with Crippen LogP contribution in [0.4, 0.5) is 0 Å². The van der Waals surface area contributed by atoms with Gasteiger partial charge in [-0.2, -0.15) is 0 Å². The third-order valence-corrected chi connectivity index (χ3v) is 12.0. The predicted molar refractivity (Wildman–Crippen MR) is 190 cm³/mol. The number of nitrogens with zero attached hydrogens (tertiary/aromatic N) is 2. The summed E-state index contributed by atoms with van der Waals surface area (Å²) in [7, 11) is 5.19. The van der Waals surface area contributed by atoms with Crippen molar-refractivity contribution >= 4 is 11.7 Å². The SMILES string of the molecule is CC[C@H]1OC(=O)[C@H](C)[C@@H](O[C@H]2C[C@@](C)(OC)[C@@H](O)[C@H](C)O2)[C@H](C)[C@@H](O[C@@H]2O[C@H](C)C[C@H](N(C)C)[C@H]2O)[C@@](C)(O)C[C@@H](C)/C(=N\O)[C@H](C)[C@@H](O)[C@]1(C)O. The van der Waals surface area contributed by atoms with Gasteiger partial charge in [-0.3, -0.25) is 4.79 Å². The van der Waals surface area contributed by atoms with E-state index in [4.69, 9.17) is 28.4 Å². The summed E-state index contributed by atoms with van der Waals surface area (Å²) in [5.41, 5.74) is -4.68. The van der Waals surface area contributed by atoms with Gasteiger partial charge in [0.05, 0.1) is 53.4 Å². The number of hydrogen-bond acceptors (Lipinski definition) is 15. The van der Waals surface area contributed by atoms with Crippen LogP contribution in [0.1, 0.15) is 94.9 Å². The Morgan fingerprint density at radius 2 is 1.54 bits per heavy atom. The Bertz CT molecular complexity index is 1200. The van der Waals surface area contributed by atoms with Gasteiger partial charge >= 0.3 is 5.97 Å². The van der Waals surface area contributed by atoms with E-state index < -0.39 is 102 Å². The molecule has 304 valence electrons. The second-order valence-electron chi connectivity index (χ2n) is 16.6. The number of likely N-dealkylation sites (N-methyl/N-ethyl adjacent to an activating group) is 1. The number of cyclic esters (lactones) is 1. The molecule has 3 aliphatic heterocycles. The first-order valence-corrected chi connectivity index (χ1v) is 18.7. The fraction of sp³-hybridized carbons (Fsp3) is 0.946. The maximum Gasteiger partial charge on any atom is 0.311 e. The summed E-state index contributed by atoms with van der Waals surface area (Å²) in [5.74, 6) is -4.24. The molecule has 52 heavy (non-hydrogen) atoms. The van der Waals surface area contributed by atoms with Crippen molar-refractivity contribution in [3.05, 3.63) is 0 Å². The number of oxime groups is 1. The van der Waals surface area contributed by atoms with Crippen LogP contribution in [0.3, 0.4) is 0 Å². The number of aliphatic hydroxyl groups is 5. The van der Waals surface area contributed by atoms with Crippen molar-refractivity contribution < 1.29 is 64.0 Å². The highest BCUT2D eigenvalue weighted by Gasteiger charge is 2.53. The molecule has 15 heteroatoms. The lowest BCUT2D eigenvalue weighted by molar-refractivity contribution is -0.317. The van der Waals surface area contributed by atoms with Gasteiger partial charge in [0.2, 0.25) is 0 Å². The number of rotatable bonds is 7. The van der Waals surface area contributed by atoms with Crippen LogP contribution >= 0.6 is 0 Å². The molecule has 0 aromatic rings. The van der Waals surface area contributed by atoms with Gasteiger partial charge < -0.3 is 64.1 Å². The first kappa shape index (κ1) is 44.9. The van der Waals surface area contributed by atoms with E-state index in [9.17, 15) is 35.5 Å². The third kappa shape index (κ3) is 9.47. The fourth-order valence-corrected chi connectivity index (χ4v) is 8.61.